The molecule has 2 N–H and O–H groups in total. The standard InChI is InChI=1S/C8H8N3/c1-9-8-6-4-2-3-5-7(6)10-11-8/h2,4-5H,1H3,(H2,9,10,11). The molecule has 0 bridgehead atoms. The minimum Gasteiger partial charge on any atom is -0.371 e. The molecule has 0 fully saturated rings. The number of H-pyrrole nitrogens is 1. The summed E-state index contributed by atoms with van der Waals surface area (Å²) < 4.78 is 0. The van der Waals surface area contributed by atoms with Crippen LogP contribution in [0, 0.1) is 6.07 Å². The normalized spacial score (nSPS) is 10.3. The first-order valence-electron chi connectivity index (χ1n) is 3.44. The van der Waals surface area contributed by atoms with E-state index in [0.717, 1.165) is 16.7 Å². The van der Waals surface area contributed by atoms with Crippen molar-refractivity contribution in [1.82, 2.24) is 10.2 Å². The van der Waals surface area contributed by atoms with Gasteiger partial charge < -0.3 is 5.32 Å². The van der Waals surface area contributed by atoms with E-state index in [0.29, 0.717) is 0 Å². The van der Waals surface area contributed by atoms with Crippen molar-refractivity contribution in [3.63, 3.8) is 0 Å². The van der Waals surface area contributed by atoms with Crippen LogP contribution in [-0.4, -0.2) is 17.2 Å². The third-order valence-electron chi connectivity index (χ3n) is 1.64. The van der Waals surface area contributed by atoms with E-state index >= 15 is 0 Å². The van der Waals surface area contributed by atoms with E-state index in [1.165, 1.54) is 0 Å². The van der Waals surface area contributed by atoms with Crippen molar-refractivity contribution in [1.29, 1.82) is 0 Å². The van der Waals surface area contributed by atoms with Gasteiger partial charge >= 0.3 is 0 Å². The first kappa shape index (κ1) is 6.22. The molecule has 0 aliphatic rings. The van der Waals surface area contributed by atoms with E-state index in [4.69, 9.17) is 0 Å². The van der Waals surface area contributed by atoms with Crippen molar-refractivity contribution >= 4 is 16.7 Å². The fourth-order valence-electron chi connectivity index (χ4n) is 1.10. The number of hydrogen-bond donors (Lipinski definition) is 2. The maximum Gasteiger partial charge on any atom is 0.155 e. The molecule has 2 aromatic rings. The molecule has 55 valence electrons. The number of anilines is 1. The number of benzene rings is 1. The number of aromatic amines is 1. The Morgan fingerprint density at radius 2 is 2.55 bits per heavy atom. The summed E-state index contributed by atoms with van der Waals surface area (Å²) in [7, 11) is 1.85. The van der Waals surface area contributed by atoms with Gasteiger partial charge in [-0.15, -0.1) is 0 Å². The van der Waals surface area contributed by atoms with Crippen LogP contribution in [0.5, 0.6) is 0 Å². The first-order chi connectivity index (χ1) is 5.42. The maximum atomic E-state index is 4.06. The van der Waals surface area contributed by atoms with E-state index < -0.39 is 0 Å². The molecule has 1 radical (unpaired) electrons. The Labute approximate surface area is 64.4 Å². The van der Waals surface area contributed by atoms with Gasteiger partial charge in [-0.2, -0.15) is 5.10 Å². The molecule has 0 atom stereocenters. The molecule has 0 amide bonds. The Bertz CT molecular complexity index is 364. The van der Waals surface area contributed by atoms with Gasteiger partial charge in [-0.05, 0) is 18.2 Å². The molecule has 0 aliphatic heterocycles. The summed E-state index contributed by atoms with van der Waals surface area (Å²) in [6.07, 6.45) is 0. The van der Waals surface area contributed by atoms with Crippen molar-refractivity contribution in [3.8, 4) is 0 Å². The molecule has 1 heterocycles. The van der Waals surface area contributed by atoms with Crippen molar-refractivity contribution in [3.05, 3.63) is 24.3 Å². The topological polar surface area (TPSA) is 40.7 Å². The SMILES string of the molecule is CNc1n[nH]c2c[c]ccc12. The summed E-state index contributed by atoms with van der Waals surface area (Å²) in [5.41, 5.74) is 1.01. The predicted molar refractivity (Wildman–Crippen MR) is 44.5 cm³/mol. The average Bonchev–Trinajstić information content (AvgIpc) is 2.47. The lowest BCUT2D eigenvalue weighted by atomic mass is 10.2. The van der Waals surface area contributed by atoms with E-state index in [2.05, 4.69) is 21.6 Å². The van der Waals surface area contributed by atoms with Gasteiger partial charge in [0.2, 0.25) is 0 Å². The first-order valence-corrected chi connectivity index (χ1v) is 3.44. The van der Waals surface area contributed by atoms with Crippen molar-refractivity contribution in [2.45, 2.75) is 0 Å². The third-order valence-corrected chi connectivity index (χ3v) is 1.64. The second kappa shape index (κ2) is 2.27. The Morgan fingerprint density at radius 3 is 3.36 bits per heavy atom. The zero-order chi connectivity index (χ0) is 7.68. The lowest BCUT2D eigenvalue weighted by molar-refractivity contribution is 1.11. The van der Waals surface area contributed by atoms with Gasteiger partial charge in [0.05, 0.1) is 5.52 Å². The molecule has 0 saturated heterocycles. The van der Waals surface area contributed by atoms with Crippen LogP contribution in [-0.2, 0) is 0 Å². The molecule has 11 heavy (non-hydrogen) atoms. The largest absolute Gasteiger partial charge is 0.371 e. The van der Waals surface area contributed by atoms with Gasteiger partial charge in [0.1, 0.15) is 0 Å². The molecule has 2 rings (SSSR count). The summed E-state index contributed by atoms with van der Waals surface area (Å²) in [5.74, 6) is 0.883. The van der Waals surface area contributed by atoms with Crippen LogP contribution in [0.25, 0.3) is 10.9 Å². The van der Waals surface area contributed by atoms with Crippen LogP contribution >= 0.6 is 0 Å². The molecule has 1 aromatic carbocycles. The Balaban J connectivity index is 2.76. The van der Waals surface area contributed by atoms with Crippen LogP contribution in [0.15, 0.2) is 18.2 Å². The summed E-state index contributed by atoms with van der Waals surface area (Å²) in [6, 6.07) is 8.70. The summed E-state index contributed by atoms with van der Waals surface area (Å²) >= 11 is 0. The molecular weight excluding hydrogens is 138 g/mol. The van der Waals surface area contributed by atoms with Crippen molar-refractivity contribution < 1.29 is 0 Å². The number of aromatic nitrogens is 2. The monoisotopic (exact) mass is 146 g/mol. The van der Waals surface area contributed by atoms with Gasteiger partial charge in [-0.3, -0.25) is 5.10 Å². The molecule has 0 unspecified atom stereocenters. The number of hydrogen-bond acceptors (Lipinski definition) is 2. The van der Waals surface area contributed by atoms with Gasteiger partial charge in [0.25, 0.3) is 0 Å². The predicted octanol–water partition coefficient (Wildman–Crippen LogP) is 1.40. The van der Waals surface area contributed by atoms with E-state index in [9.17, 15) is 0 Å². The van der Waals surface area contributed by atoms with Crippen LogP contribution in [0.1, 0.15) is 0 Å². The molecular formula is C8H8N3. The van der Waals surface area contributed by atoms with Crippen LogP contribution in [0.2, 0.25) is 0 Å². The second-order valence-corrected chi connectivity index (χ2v) is 2.29. The van der Waals surface area contributed by atoms with Gasteiger partial charge in [-0.25, -0.2) is 0 Å². The maximum absolute atomic E-state index is 4.06. The van der Waals surface area contributed by atoms with Crippen molar-refractivity contribution in [2.24, 2.45) is 0 Å². The molecule has 3 nitrogen and oxygen atoms in total. The highest BCUT2D eigenvalue weighted by Gasteiger charge is 1.99. The number of nitrogens with zero attached hydrogens (tertiary/aromatic N) is 1. The molecule has 3 heteroatoms. The molecule has 1 aromatic heterocycles. The lowest BCUT2D eigenvalue weighted by Gasteiger charge is -1.91. The lowest BCUT2D eigenvalue weighted by Crippen LogP contribution is -1.87. The van der Waals surface area contributed by atoms with E-state index in [1.807, 2.05) is 25.2 Å². The Morgan fingerprint density at radius 1 is 1.64 bits per heavy atom. The summed E-state index contributed by atoms with van der Waals surface area (Å²) in [4.78, 5) is 0. The minimum absolute atomic E-state index is 0.883. The Kier molecular flexibility index (Phi) is 1.28. The van der Waals surface area contributed by atoms with Crippen LogP contribution in [0.4, 0.5) is 5.82 Å². The second-order valence-electron chi connectivity index (χ2n) is 2.29. The quantitative estimate of drug-likeness (QED) is 0.638. The van der Waals surface area contributed by atoms with Crippen LogP contribution in [0.3, 0.4) is 0 Å². The summed E-state index contributed by atoms with van der Waals surface area (Å²) in [5, 5.41) is 11.0. The fraction of sp³-hybridized carbons (Fsp3) is 0.125. The van der Waals surface area contributed by atoms with Gasteiger partial charge in [-0.1, -0.05) is 6.07 Å². The van der Waals surface area contributed by atoms with Gasteiger partial charge in [0, 0.05) is 12.4 Å². The van der Waals surface area contributed by atoms with Crippen LogP contribution < -0.4 is 5.32 Å². The zero-order valence-corrected chi connectivity index (χ0v) is 6.18. The summed E-state index contributed by atoms with van der Waals surface area (Å²) in [6.45, 7) is 0. The highest BCUT2D eigenvalue weighted by Crippen LogP contribution is 2.17. The zero-order valence-electron chi connectivity index (χ0n) is 6.18. The highest BCUT2D eigenvalue weighted by molar-refractivity contribution is 5.89. The average molecular weight is 146 g/mol. The fourth-order valence-corrected chi connectivity index (χ4v) is 1.10. The van der Waals surface area contributed by atoms with E-state index in [1.54, 1.807) is 0 Å². The van der Waals surface area contributed by atoms with Gasteiger partial charge in [0.15, 0.2) is 5.82 Å². The molecule has 0 saturated carbocycles. The highest BCUT2D eigenvalue weighted by atomic mass is 15.2. The molecule has 0 spiro atoms. The Hall–Kier alpha value is -1.51. The molecule has 0 aliphatic carbocycles. The smallest absolute Gasteiger partial charge is 0.155 e. The van der Waals surface area contributed by atoms with Crippen molar-refractivity contribution in [2.75, 3.05) is 12.4 Å². The minimum atomic E-state index is 0.883. The van der Waals surface area contributed by atoms with E-state index in [-0.39, 0.29) is 0 Å². The third kappa shape index (κ3) is 0.852. The number of rotatable bonds is 1. The number of nitrogens with one attached hydrogen (secondary N) is 2. The number of fused-ring (bicyclic) bond motifs is 1.